The molecular weight excluding hydrogens is 322 g/mol. The third-order valence-corrected chi connectivity index (χ3v) is 5.83. The molecule has 2 fully saturated rings. The third-order valence-electron chi connectivity index (χ3n) is 5.01. The van der Waals surface area contributed by atoms with Crippen molar-refractivity contribution < 1.29 is 4.74 Å². The van der Waals surface area contributed by atoms with Gasteiger partial charge in [0.05, 0.1) is 31.1 Å². The largest absolute Gasteiger partial charge is 0.378 e. The van der Waals surface area contributed by atoms with Crippen LogP contribution in [0.5, 0.6) is 0 Å². The molecule has 0 bridgehead atoms. The van der Waals surface area contributed by atoms with Crippen LogP contribution in [0.1, 0.15) is 36.6 Å². The smallest absolute Gasteiger partial charge is 0.182 e. The molecule has 24 heavy (non-hydrogen) atoms. The van der Waals surface area contributed by atoms with E-state index in [4.69, 9.17) is 9.72 Å². The highest BCUT2D eigenvalue weighted by Gasteiger charge is 2.27. The van der Waals surface area contributed by atoms with Crippen LogP contribution >= 0.6 is 11.3 Å². The maximum Gasteiger partial charge on any atom is 0.182 e. The minimum Gasteiger partial charge on any atom is -0.378 e. The van der Waals surface area contributed by atoms with Crippen LogP contribution < -0.4 is 5.32 Å². The highest BCUT2D eigenvalue weighted by molar-refractivity contribution is 7.13. The van der Waals surface area contributed by atoms with Gasteiger partial charge in [-0.2, -0.15) is 5.10 Å². The van der Waals surface area contributed by atoms with Crippen molar-refractivity contribution in [3.8, 4) is 0 Å². The second-order valence-electron chi connectivity index (χ2n) is 6.84. The maximum atomic E-state index is 5.73. The number of aromatic nitrogens is 3. The average Bonchev–Trinajstić information content (AvgIpc) is 3.16. The Morgan fingerprint density at radius 2 is 2.33 bits per heavy atom. The first-order chi connectivity index (χ1) is 11.8. The Kier molecular flexibility index (Phi) is 4.82. The molecule has 1 aliphatic heterocycles. The van der Waals surface area contributed by atoms with Crippen LogP contribution in [-0.4, -0.2) is 46.0 Å². The lowest BCUT2D eigenvalue weighted by Crippen LogP contribution is -2.39. The molecule has 0 aromatic carbocycles. The zero-order chi connectivity index (χ0) is 16.4. The summed E-state index contributed by atoms with van der Waals surface area (Å²) in [5.74, 6) is 0.845. The van der Waals surface area contributed by atoms with Crippen LogP contribution in [0.25, 0.3) is 0 Å². The normalized spacial score (nSPS) is 22.5. The van der Waals surface area contributed by atoms with Crippen molar-refractivity contribution in [1.82, 2.24) is 19.7 Å². The summed E-state index contributed by atoms with van der Waals surface area (Å²) in [4.78, 5) is 7.28. The van der Waals surface area contributed by atoms with Crippen molar-refractivity contribution in [2.45, 2.75) is 31.8 Å². The summed E-state index contributed by atoms with van der Waals surface area (Å²) in [5, 5.41) is 11.0. The fourth-order valence-electron chi connectivity index (χ4n) is 3.34. The number of hydrogen-bond donors (Lipinski definition) is 1. The van der Waals surface area contributed by atoms with E-state index in [9.17, 15) is 0 Å². The van der Waals surface area contributed by atoms with Crippen molar-refractivity contribution in [3.05, 3.63) is 29.0 Å². The summed E-state index contributed by atoms with van der Waals surface area (Å²) in [5.41, 5.74) is 2.36. The van der Waals surface area contributed by atoms with E-state index in [1.54, 1.807) is 11.3 Å². The molecule has 130 valence electrons. The van der Waals surface area contributed by atoms with E-state index in [0.29, 0.717) is 6.61 Å². The van der Waals surface area contributed by atoms with Gasteiger partial charge in [0.25, 0.3) is 0 Å². The van der Waals surface area contributed by atoms with E-state index in [-0.39, 0.29) is 6.04 Å². The predicted octanol–water partition coefficient (Wildman–Crippen LogP) is 2.66. The monoisotopic (exact) mass is 347 g/mol. The summed E-state index contributed by atoms with van der Waals surface area (Å²) in [6, 6.07) is 0.231. The number of ether oxygens (including phenoxy) is 1. The lowest BCUT2D eigenvalue weighted by molar-refractivity contribution is -0.0140. The van der Waals surface area contributed by atoms with Crippen molar-refractivity contribution in [2.75, 3.05) is 31.6 Å². The van der Waals surface area contributed by atoms with E-state index in [1.165, 1.54) is 24.8 Å². The Morgan fingerprint density at radius 3 is 3.08 bits per heavy atom. The summed E-state index contributed by atoms with van der Waals surface area (Å²) >= 11 is 1.71. The second kappa shape index (κ2) is 7.21. The molecule has 6 nitrogen and oxygen atoms in total. The maximum absolute atomic E-state index is 5.73. The minimum absolute atomic E-state index is 0.231. The Bertz CT molecular complexity index is 665. The zero-order valence-electron chi connectivity index (χ0n) is 14.1. The SMILES string of the molecule is Cn1cc(CN2CCOC[C@H]2c2csc(NCC3CCC3)n2)cn1. The van der Waals surface area contributed by atoms with Gasteiger partial charge in [0.15, 0.2) is 5.13 Å². The molecule has 2 aromatic rings. The summed E-state index contributed by atoms with van der Waals surface area (Å²) < 4.78 is 7.58. The molecule has 4 rings (SSSR count). The van der Waals surface area contributed by atoms with Gasteiger partial charge >= 0.3 is 0 Å². The number of rotatable bonds is 6. The number of thiazole rings is 1. The first-order valence-electron chi connectivity index (χ1n) is 8.76. The molecule has 3 heterocycles. The minimum atomic E-state index is 0.231. The Labute approximate surface area is 146 Å². The van der Waals surface area contributed by atoms with E-state index >= 15 is 0 Å². The number of nitrogens with one attached hydrogen (secondary N) is 1. The number of aryl methyl sites for hydroxylation is 1. The third kappa shape index (κ3) is 3.63. The molecule has 7 heteroatoms. The molecule has 1 saturated carbocycles. The molecule has 0 unspecified atom stereocenters. The Balaban J connectivity index is 1.41. The molecular formula is C17H25N5OS. The van der Waals surface area contributed by atoms with Gasteiger partial charge in [-0.25, -0.2) is 4.98 Å². The molecule has 2 aromatic heterocycles. The average molecular weight is 347 g/mol. The Hall–Kier alpha value is -1.44. The summed E-state index contributed by atoms with van der Waals surface area (Å²) in [6.45, 7) is 4.39. The summed E-state index contributed by atoms with van der Waals surface area (Å²) in [7, 11) is 1.96. The van der Waals surface area contributed by atoms with E-state index in [2.05, 4.69) is 26.9 Å². The molecule has 0 radical (unpaired) electrons. The molecule has 0 spiro atoms. The van der Waals surface area contributed by atoms with Gasteiger partial charge in [0, 0.05) is 43.8 Å². The van der Waals surface area contributed by atoms with Crippen LogP contribution in [0.3, 0.4) is 0 Å². The predicted molar refractivity (Wildman–Crippen MR) is 95.1 cm³/mol. The lowest BCUT2D eigenvalue weighted by atomic mass is 9.86. The van der Waals surface area contributed by atoms with Crippen LogP contribution in [0.2, 0.25) is 0 Å². The molecule has 0 amide bonds. The number of hydrogen-bond acceptors (Lipinski definition) is 6. The van der Waals surface area contributed by atoms with Crippen molar-refractivity contribution >= 4 is 16.5 Å². The van der Waals surface area contributed by atoms with Gasteiger partial charge in [-0.15, -0.1) is 11.3 Å². The van der Waals surface area contributed by atoms with Gasteiger partial charge in [0.1, 0.15) is 0 Å². The van der Waals surface area contributed by atoms with E-state index in [1.807, 2.05) is 17.9 Å². The number of anilines is 1. The molecule has 1 N–H and O–H groups in total. The Morgan fingerprint density at radius 1 is 1.42 bits per heavy atom. The fourth-order valence-corrected chi connectivity index (χ4v) is 4.10. The van der Waals surface area contributed by atoms with Gasteiger partial charge in [-0.3, -0.25) is 9.58 Å². The zero-order valence-corrected chi connectivity index (χ0v) is 15.0. The molecule has 1 atom stereocenters. The first-order valence-corrected chi connectivity index (χ1v) is 9.64. The highest BCUT2D eigenvalue weighted by atomic mass is 32.1. The number of nitrogens with zero attached hydrogens (tertiary/aromatic N) is 4. The second-order valence-corrected chi connectivity index (χ2v) is 7.70. The lowest BCUT2D eigenvalue weighted by Gasteiger charge is -2.34. The van der Waals surface area contributed by atoms with Crippen LogP contribution in [0.15, 0.2) is 17.8 Å². The first kappa shape index (κ1) is 16.1. The van der Waals surface area contributed by atoms with Crippen molar-refractivity contribution in [1.29, 1.82) is 0 Å². The van der Waals surface area contributed by atoms with Crippen LogP contribution in [0, 0.1) is 5.92 Å². The van der Waals surface area contributed by atoms with Crippen molar-refractivity contribution in [2.24, 2.45) is 13.0 Å². The topological polar surface area (TPSA) is 55.2 Å². The van der Waals surface area contributed by atoms with Crippen molar-refractivity contribution in [3.63, 3.8) is 0 Å². The van der Waals surface area contributed by atoms with Crippen LogP contribution in [-0.2, 0) is 18.3 Å². The van der Waals surface area contributed by atoms with Gasteiger partial charge in [-0.05, 0) is 18.8 Å². The van der Waals surface area contributed by atoms with E-state index < -0.39 is 0 Å². The fraction of sp³-hybridized carbons (Fsp3) is 0.647. The summed E-state index contributed by atoms with van der Waals surface area (Å²) in [6.07, 6.45) is 8.14. The van der Waals surface area contributed by atoms with Gasteiger partial charge < -0.3 is 10.1 Å². The molecule has 2 aliphatic rings. The quantitative estimate of drug-likeness (QED) is 0.871. The molecule has 1 aliphatic carbocycles. The standard InChI is InChI=1S/C17H25N5OS/c1-21-9-14(8-19-21)10-22-5-6-23-11-16(22)15-12-24-17(20-15)18-7-13-3-2-4-13/h8-9,12-13,16H,2-7,10-11H2,1H3,(H,18,20)/t16-/m0/s1. The van der Waals surface area contributed by atoms with Crippen LogP contribution in [0.4, 0.5) is 5.13 Å². The van der Waals surface area contributed by atoms with Gasteiger partial charge in [-0.1, -0.05) is 6.42 Å². The highest BCUT2D eigenvalue weighted by Crippen LogP contribution is 2.30. The van der Waals surface area contributed by atoms with Gasteiger partial charge in [0.2, 0.25) is 0 Å². The molecule has 1 saturated heterocycles. The number of morpholine rings is 1. The van der Waals surface area contributed by atoms with E-state index in [0.717, 1.165) is 43.0 Å².